The number of ether oxygens (including phenoxy) is 1. The molecule has 156 valence electrons. The fourth-order valence-corrected chi connectivity index (χ4v) is 4.08. The predicted molar refractivity (Wildman–Crippen MR) is 136 cm³/mol. The lowest BCUT2D eigenvalue weighted by atomic mass is 10.0. The van der Waals surface area contributed by atoms with Crippen LogP contribution in [-0.2, 0) is 6.61 Å². The summed E-state index contributed by atoms with van der Waals surface area (Å²) in [7, 11) is 0. The SMILES string of the molecule is Cc1ccc(N=Cc2c(OCc3cccc4ccccc34)ccc3ccccc23)cc1Cl. The van der Waals surface area contributed by atoms with Crippen LogP contribution in [0.1, 0.15) is 16.7 Å². The van der Waals surface area contributed by atoms with Crippen LogP contribution in [0.15, 0.2) is 102 Å². The van der Waals surface area contributed by atoms with E-state index in [1.54, 1.807) is 0 Å². The van der Waals surface area contributed by atoms with Crippen molar-refractivity contribution < 1.29 is 4.74 Å². The maximum Gasteiger partial charge on any atom is 0.129 e. The molecule has 0 radical (unpaired) electrons. The molecule has 0 fully saturated rings. The highest BCUT2D eigenvalue weighted by Gasteiger charge is 2.09. The molecule has 0 aliphatic carbocycles. The Morgan fingerprint density at radius 3 is 2.31 bits per heavy atom. The Labute approximate surface area is 192 Å². The Bertz CT molecular complexity index is 1450. The van der Waals surface area contributed by atoms with E-state index in [0.29, 0.717) is 11.6 Å². The Morgan fingerprint density at radius 1 is 0.781 bits per heavy atom. The average Bonchev–Trinajstić information content (AvgIpc) is 2.83. The number of aryl methyl sites for hydroxylation is 1. The van der Waals surface area contributed by atoms with Crippen LogP contribution in [0.3, 0.4) is 0 Å². The van der Waals surface area contributed by atoms with Gasteiger partial charge in [0, 0.05) is 16.8 Å². The summed E-state index contributed by atoms with van der Waals surface area (Å²) in [4.78, 5) is 4.70. The van der Waals surface area contributed by atoms with Crippen molar-refractivity contribution in [1.29, 1.82) is 0 Å². The zero-order valence-electron chi connectivity index (χ0n) is 17.8. The van der Waals surface area contributed by atoms with Crippen molar-refractivity contribution in [3.05, 3.63) is 119 Å². The second-order valence-corrected chi connectivity index (χ2v) is 8.22. The predicted octanol–water partition coefficient (Wildman–Crippen LogP) is 8.28. The molecule has 32 heavy (non-hydrogen) atoms. The van der Waals surface area contributed by atoms with Gasteiger partial charge in [0.05, 0.1) is 5.69 Å². The van der Waals surface area contributed by atoms with E-state index >= 15 is 0 Å². The minimum atomic E-state index is 0.483. The standard InChI is InChI=1S/C29H22ClNO/c1-20-13-15-24(17-28(20)30)31-18-27-26-12-5-3-8-22(26)14-16-29(27)32-19-23-10-6-9-21-7-2-4-11-25(21)23/h2-18H,19H2,1H3. The zero-order chi connectivity index (χ0) is 21.9. The molecule has 2 nitrogen and oxygen atoms in total. The summed E-state index contributed by atoms with van der Waals surface area (Å²) in [6.07, 6.45) is 1.88. The molecular formula is C29H22ClNO. The van der Waals surface area contributed by atoms with Gasteiger partial charge < -0.3 is 4.74 Å². The molecule has 0 N–H and O–H groups in total. The van der Waals surface area contributed by atoms with Crippen LogP contribution < -0.4 is 4.74 Å². The van der Waals surface area contributed by atoms with Crippen molar-refractivity contribution in [2.45, 2.75) is 13.5 Å². The number of benzene rings is 5. The number of nitrogens with zero attached hydrogens (tertiary/aromatic N) is 1. The molecule has 0 saturated carbocycles. The van der Waals surface area contributed by atoms with E-state index in [1.807, 2.05) is 49.5 Å². The molecule has 0 aromatic heterocycles. The van der Waals surface area contributed by atoms with Gasteiger partial charge in [-0.15, -0.1) is 0 Å². The fourth-order valence-electron chi connectivity index (χ4n) is 3.91. The fraction of sp³-hybridized carbons (Fsp3) is 0.0690. The Balaban J connectivity index is 1.52. The van der Waals surface area contributed by atoms with Crippen LogP contribution in [0.25, 0.3) is 21.5 Å². The second-order valence-electron chi connectivity index (χ2n) is 7.82. The van der Waals surface area contributed by atoms with Crippen LogP contribution in [0.4, 0.5) is 5.69 Å². The van der Waals surface area contributed by atoms with Crippen LogP contribution in [0.2, 0.25) is 5.02 Å². The van der Waals surface area contributed by atoms with E-state index in [-0.39, 0.29) is 0 Å². The lowest BCUT2D eigenvalue weighted by Gasteiger charge is -2.13. The third kappa shape index (κ3) is 4.10. The maximum atomic E-state index is 6.35. The van der Waals surface area contributed by atoms with Crippen LogP contribution in [0, 0.1) is 6.92 Å². The van der Waals surface area contributed by atoms with Gasteiger partial charge in [0.2, 0.25) is 0 Å². The number of fused-ring (bicyclic) bond motifs is 2. The summed E-state index contributed by atoms with van der Waals surface area (Å²) in [5.41, 5.74) is 3.97. The van der Waals surface area contributed by atoms with Crippen molar-refractivity contribution in [1.82, 2.24) is 0 Å². The Hall–Kier alpha value is -3.62. The minimum Gasteiger partial charge on any atom is -0.488 e. The quantitative estimate of drug-likeness (QED) is 0.254. The van der Waals surface area contributed by atoms with E-state index < -0.39 is 0 Å². The molecule has 5 aromatic carbocycles. The average molecular weight is 436 g/mol. The van der Waals surface area contributed by atoms with E-state index in [0.717, 1.165) is 38.9 Å². The molecule has 0 aliphatic rings. The van der Waals surface area contributed by atoms with Gasteiger partial charge in [0.15, 0.2) is 0 Å². The van der Waals surface area contributed by atoms with Crippen LogP contribution in [0.5, 0.6) is 5.75 Å². The largest absolute Gasteiger partial charge is 0.488 e. The van der Waals surface area contributed by atoms with Crippen LogP contribution in [-0.4, -0.2) is 6.21 Å². The molecule has 0 unspecified atom stereocenters. The normalized spacial score (nSPS) is 11.4. The lowest BCUT2D eigenvalue weighted by Crippen LogP contribution is -2.00. The summed E-state index contributed by atoms with van der Waals surface area (Å²) in [5, 5.41) is 5.38. The Morgan fingerprint density at radius 2 is 1.50 bits per heavy atom. The molecule has 0 amide bonds. The first-order chi connectivity index (χ1) is 15.7. The third-order valence-corrected chi connectivity index (χ3v) is 6.10. The number of hydrogen-bond acceptors (Lipinski definition) is 2. The van der Waals surface area contributed by atoms with Gasteiger partial charge >= 0.3 is 0 Å². The molecule has 0 heterocycles. The molecular weight excluding hydrogens is 414 g/mol. The second kappa shape index (κ2) is 8.86. The van der Waals surface area contributed by atoms with Crippen molar-refractivity contribution in [3.63, 3.8) is 0 Å². The first-order valence-corrected chi connectivity index (χ1v) is 11.0. The van der Waals surface area contributed by atoms with Gasteiger partial charge in [-0.05, 0) is 57.8 Å². The molecule has 0 bridgehead atoms. The lowest BCUT2D eigenvalue weighted by molar-refractivity contribution is 0.307. The number of rotatable bonds is 5. The van der Waals surface area contributed by atoms with Crippen molar-refractivity contribution in [3.8, 4) is 5.75 Å². The highest BCUT2D eigenvalue weighted by Crippen LogP contribution is 2.30. The minimum absolute atomic E-state index is 0.483. The van der Waals surface area contributed by atoms with E-state index in [4.69, 9.17) is 21.3 Å². The highest BCUT2D eigenvalue weighted by atomic mass is 35.5. The summed E-state index contributed by atoms with van der Waals surface area (Å²) in [6, 6.07) is 32.9. The molecule has 0 saturated heterocycles. The summed E-state index contributed by atoms with van der Waals surface area (Å²) in [6.45, 7) is 2.47. The van der Waals surface area contributed by atoms with Gasteiger partial charge in [-0.25, -0.2) is 0 Å². The van der Waals surface area contributed by atoms with E-state index in [2.05, 4.69) is 60.7 Å². The molecule has 0 aliphatic heterocycles. The summed E-state index contributed by atoms with van der Waals surface area (Å²) < 4.78 is 6.35. The van der Waals surface area contributed by atoms with Crippen molar-refractivity contribution in [2.75, 3.05) is 0 Å². The number of hydrogen-bond donors (Lipinski definition) is 0. The molecule has 0 atom stereocenters. The smallest absolute Gasteiger partial charge is 0.129 e. The van der Waals surface area contributed by atoms with Crippen molar-refractivity contribution >= 4 is 45.0 Å². The molecule has 5 rings (SSSR count). The summed E-state index contributed by atoms with van der Waals surface area (Å²) in [5.74, 6) is 0.804. The Kier molecular flexibility index (Phi) is 5.62. The molecule has 0 spiro atoms. The van der Waals surface area contributed by atoms with Gasteiger partial charge in [0.1, 0.15) is 12.4 Å². The number of halogens is 1. The van der Waals surface area contributed by atoms with Gasteiger partial charge in [-0.3, -0.25) is 4.99 Å². The highest BCUT2D eigenvalue weighted by molar-refractivity contribution is 6.31. The number of aliphatic imine (C=N–C) groups is 1. The third-order valence-electron chi connectivity index (χ3n) is 5.69. The van der Waals surface area contributed by atoms with Gasteiger partial charge in [0.25, 0.3) is 0 Å². The molecule has 5 aromatic rings. The first kappa shape index (κ1) is 20.3. The van der Waals surface area contributed by atoms with Crippen molar-refractivity contribution in [2.24, 2.45) is 4.99 Å². The van der Waals surface area contributed by atoms with E-state index in [1.165, 1.54) is 10.8 Å². The van der Waals surface area contributed by atoms with E-state index in [9.17, 15) is 0 Å². The van der Waals surface area contributed by atoms with Gasteiger partial charge in [-0.1, -0.05) is 90.5 Å². The first-order valence-electron chi connectivity index (χ1n) is 10.6. The summed E-state index contributed by atoms with van der Waals surface area (Å²) >= 11 is 6.29. The van der Waals surface area contributed by atoms with Gasteiger partial charge in [-0.2, -0.15) is 0 Å². The topological polar surface area (TPSA) is 21.6 Å². The zero-order valence-corrected chi connectivity index (χ0v) is 18.5. The maximum absolute atomic E-state index is 6.35. The molecule has 3 heteroatoms. The monoisotopic (exact) mass is 435 g/mol. The van der Waals surface area contributed by atoms with Crippen LogP contribution >= 0.6 is 11.6 Å².